The number of fused-ring (bicyclic) bond motifs is 2. The Kier molecular flexibility index (Phi) is 5.59. The largest absolute Gasteiger partial charge is 0.451 e. The maximum atomic E-state index is 13.3. The van der Waals surface area contributed by atoms with Gasteiger partial charge in [-0.1, -0.05) is 24.3 Å². The number of carbonyl (C=O) groups is 5. The van der Waals surface area contributed by atoms with Crippen molar-refractivity contribution in [2.45, 2.75) is 58.2 Å². The lowest BCUT2D eigenvalue weighted by molar-refractivity contribution is -0.163. The maximum Gasteiger partial charge on any atom is 0.329 e. The molecular formula is C24H27N3O6. The van der Waals surface area contributed by atoms with Crippen LogP contribution in [0.15, 0.2) is 36.4 Å². The van der Waals surface area contributed by atoms with E-state index in [1.54, 1.807) is 38.1 Å². The zero-order chi connectivity index (χ0) is 24.1. The number of hydrogen-bond donors (Lipinski definition) is 1. The number of nitrogens with zero attached hydrogens (tertiary/aromatic N) is 2. The van der Waals surface area contributed by atoms with Gasteiger partial charge in [0, 0.05) is 0 Å². The molecule has 4 amide bonds. The van der Waals surface area contributed by atoms with E-state index in [2.05, 4.69) is 5.32 Å². The third-order valence-corrected chi connectivity index (χ3v) is 6.64. The zero-order valence-corrected chi connectivity index (χ0v) is 19.0. The van der Waals surface area contributed by atoms with Crippen LogP contribution in [-0.2, 0) is 28.7 Å². The molecule has 1 fully saturated rings. The highest BCUT2D eigenvalue weighted by Crippen LogP contribution is 2.38. The summed E-state index contributed by atoms with van der Waals surface area (Å²) in [4.78, 5) is 66.6. The summed E-state index contributed by atoms with van der Waals surface area (Å²) in [5.74, 6) is -3.49. The van der Waals surface area contributed by atoms with Crippen molar-refractivity contribution >= 4 is 41.0 Å². The van der Waals surface area contributed by atoms with Gasteiger partial charge in [0.25, 0.3) is 5.91 Å². The van der Waals surface area contributed by atoms with E-state index in [-0.39, 0.29) is 17.7 Å². The van der Waals surface area contributed by atoms with E-state index >= 15 is 0 Å². The van der Waals surface area contributed by atoms with Crippen LogP contribution >= 0.6 is 0 Å². The van der Waals surface area contributed by atoms with Crippen LogP contribution in [0.25, 0.3) is 0 Å². The highest BCUT2D eigenvalue weighted by Gasteiger charge is 2.51. The van der Waals surface area contributed by atoms with Crippen molar-refractivity contribution in [2.75, 3.05) is 10.2 Å². The fourth-order valence-electron chi connectivity index (χ4n) is 4.66. The van der Waals surface area contributed by atoms with Gasteiger partial charge in [0.05, 0.1) is 23.2 Å². The highest BCUT2D eigenvalue weighted by atomic mass is 16.5. The zero-order valence-electron chi connectivity index (χ0n) is 19.0. The van der Waals surface area contributed by atoms with Gasteiger partial charge in [-0.15, -0.1) is 0 Å². The van der Waals surface area contributed by atoms with Gasteiger partial charge in [-0.3, -0.25) is 29.0 Å². The van der Waals surface area contributed by atoms with Crippen LogP contribution in [0.2, 0.25) is 0 Å². The molecule has 1 aromatic rings. The fraction of sp³-hybridized carbons (Fsp3) is 0.458. The first kappa shape index (κ1) is 22.7. The van der Waals surface area contributed by atoms with E-state index in [1.165, 1.54) is 18.7 Å². The number of esters is 1. The van der Waals surface area contributed by atoms with E-state index in [0.717, 1.165) is 4.90 Å². The number of rotatable bonds is 4. The Morgan fingerprint density at radius 1 is 1.03 bits per heavy atom. The van der Waals surface area contributed by atoms with Gasteiger partial charge >= 0.3 is 5.97 Å². The predicted octanol–water partition coefficient (Wildman–Crippen LogP) is 2.02. The summed E-state index contributed by atoms with van der Waals surface area (Å²) in [6.45, 7) is 6.04. The Balaban J connectivity index is 1.51. The monoisotopic (exact) mass is 453 g/mol. The molecule has 3 aliphatic rings. The molecule has 0 radical (unpaired) electrons. The lowest BCUT2D eigenvalue weighted by Crippen LogP contribution is -2.60. The lowest BCUT2D eigenvalue weighted by atomic mass is 9.85. The van der Waals surface area contributed by atoms with Crippen molar-refractivity contribution in [3.63, 3.8) is 0 Å². The van der Waals surface area contributed by atoms with E-state index in [9.17, 15) is 24.0 Å². The number of nitrogens with one attached hydrogen (secondary N) is 1. The normalized spacial score (nSPS) is 25.2. The van der Waals surface area contributed by atoms with Gasteiger partial charge in [-0.2, -0.15) is 0 Å². The molecule has 4 rings (SSSR count). The SMILES string of the molecule is C[C@H](OC(=O)[C@H](C)N1C(=O)[C@@H]2CC=CC[C@H]2C1=O)C(=O)N1c2ccccc2NC(=O)C1(C)C. The first-order valence-electron chi connectivity index (χ1n) is 11.0. The van der Waals surface area contributed by atoms with Gasteiger partial charge in [-0.25, -0.2) is 4.79 Å². The van der Waals surface area contributed by atoms with Crippen molar-refractivity contribution in [3.8, 4) is 0 Å². The third kappa shape index (κ3) is 3.61. The number of hydrogen-bond acceptors (Lipinski definition) is 6. The second-order valence-electron chi connectivity index (χ2n) is 9.16. The molecule has 1 aromatic carbocycles. The lowest BCUT2D eigenvalue weighted by Gasteiger charge is -2.42. The molecule has 9 heteroatoms. The van der Waals surface area contributed by atoms with E-state index < -0.39 is 41.4 Å². The molecule has 4 atom stereocenters. The number of anilines is 2. The van der Waals surface area contributed by atoms with E-state index in [4.69, 9.17) is 4.74 Å². The highest BCUT2D eigenvalue weighted by molar-refractivity contribution is 6.15. The Bertz CT molecular complexity index is 1050. The summed E-state index contributed by atoms with van der Waals surface area (Å²) < 4.78 is 5.41. The van der Waals surface area contributed by atoms with Crippen LogP contribution in [0.5, 0.6) is 0 Å². The summed E-state index contributed by atoms with van der Waals surface area (Å²) in [7, 11) is 0. The van der Waals surface area contributed by atoms with Crippen LogP contribution in [0, 0.1) is 11.8 Å². The van der Waals surface area contributed by atoms with Crippen molar-refractivity contribution < 1.29 is 28.7 Å². The van der Waals surface area contributed by atoms with Crippen molar-refractivity contribution in [2.24, 2.45) is 11.8 Å². The Morgan fingerprint density at radius 2 is 1.61 bits per heavy atom. The second-order valence-corrected chi connectivity index (χ2v) is 9.16. The second kappa shape index (κ2) is 8.13. The van der Waals surface area contributed by atoms with Crippen LogP contribution in [0.1, 0.15) is 40.5 Å². The number of ether oxygens (including phenoxy) is 1. The molecule has 0 bridgehead atoms. The molecule has 2 aliphatic heterocycles. The van der Waals surface area contributed by atoms with Crippen molar-refractivity contribution in [3.05, 3.63) is 36.4 Å². The molecule has 0 aromatic heterocycles. The summed E-state index contributed by atoms with van der Waals surface area (Å²) in [6, 6.07) is 5.70. The molecule has 1 aliphatic carbocycles. The molecule has 9 nitrogen and oxygen atoms in total. The molecule has 0 saturated carbocycles. The average Bonchev–Trinajstić information content (AvgIpc) is 3.03. The summed E-state index contributed by atoms with van der Waals surface area (Å²) in [5, 5.41) is 2.78. The number of likely N-dealkylation sites (tertiary alicyclic amines) is 1. The third-order valence-electron chi connectivity index (χ3n) is 6.64. The van der Waals surface area contributed by atoms with Gasteiger partial charge in [0.15, 0.2) is 6.10 Å². The molecule has 2 heterocycles. The van der Waals surface area contributed by atoms with E-state index in [1.807, 2.05) is 12.2 Å². The van der Waals surface area contributed by atoms with Gasteiger partial charge in [-0.05, 0) is 52.7 Å². The molecule has 1 N–H and O–H groups in total. The van der Waals surface area contributed by atoms with Crippen LogP contribution in [0.3, 0.4) is 0 Å². The van der Waals surface area contributed by atoms with Crippen molar-refractivity contribution in [1.82, 2.24) is 4.90 Å². The minimum atomic E-state index is -1.24. The van der Waals surface area contributed by atoms with Crippen LogP contribution in [0.4, 0.5) is 11.4 Å². The van der Waals surface area contributed by atoms with Crippen LogP contribution in [-0.4, -0.2) is 52.2 Å². The maximum absolute atomic E-state index is 13.3. The Labute approximate surface area is 191 Å². The summed E-state index contributed by atoms with van der Waals surface area (Å²) >= 11 is 0. The fourth-order valence-corrected chi connectivity index (χ4v) is 4.66. The summed E-state index contributed by atoms with van der Waals surface area (Å²) in [6.07, 6.45) is 3.43. The molecule has 33 heavy (non-hydrogen) atoms. The number of benzene rings is 1. The van der Waals surface area contributed by atoms with Crippen molar-refractivity contribution in [1.29, 1.82) is 0 Å². The average molecular weight is 453 g/mol. The Morgan fingerprint density at radius 3 is 2.21 bits per heavy atom. The van der Waals surface area contributed by atoms with Gasteiger partial charge < -0.3 is 10.1 Å². The molecule has 0 unspecified atom stereocenters. The predicted molar refractivity (Wildman–Crippen MR) is 119 cm³/mol. The number of carbonyl (C=O) groups excluding carboxylic acids is 5. The molecule has 174 valence electrons. The first-order chi connectivity index (χ1) is 15.6. The Hall–Kier alpha value is -3.49. The number of amides is 4. The number of para-hydroxylation sites is 2. The number of imide groups is 1. The summed E-state index contributed by atoms with van der Waals surface area (Å²) in [5.41, 5.74) is -0.252. The molecule has 0 spiro atoms. The minimum Gasteiger partial charge on any atom is -0.451 e. The first-order valence-corrected chi connectivity index (χ1v) is 11.0. The van der Waals surface area contributed by atoms with Crippen LogP contribution < -0.4 is 10.2 Å². The van der Waals surface area contributed by atoms with Gasteiger partial charge in [0.1, 0.15) is 11.6 Å². The minimum absolute atomic E-state index is 0.370. The van der Waals surface area contributed by atoms with Gasteiger partial charge in [0.2, 0.25) is 17.7 Å². The smallest absolute Gasteiger partial charge is 0.329 e. The number of allylic oxidation sites excluding steroid dienone is 2. The topological polar surface area (TPSA) is 113 Å². The van der Waals surface area contributed by atoms with E-state index in [0.29, 0.717) is 24.2 Å². The molecular weight excluding hydrogens is 426 g/mol. The quantitative estimate of drug-likeness (QED) is 0.424. The standard InChI is InChI=1S/C24H27N3O6/c1-13(26-20(29)15-9-5-6-10-16(15)21(26)30)22(31)33-14(2)19(28)27-18-12-8-7-11-17(18)25-23(32)24(27,3)4/h5-8,11-16H,9-10H2,1-4H3,(H,25,32)/t13-,14-,15+,16+/m0/s1. The molecule has 1 saturated heterocycles.